The van der Waals surface area contributed by atoms with Gasteiger partial charge in [0.25, 0.3) is 0 Å². The second-order valence-corrected chi connectivity index (χ2v) is 5.78. The average molecular weight is 292 g/mol. The third kappa shape index (κ3) is 5.73. The second kappa shape index (κ2) is 7.93. The Balaban J connectivity index is 2.03. The van der Waals surface area contributed by atoms with Crippen LogP contribution in [-0.4, -0.2) is 24.1 Å². The SMILES string of the molecule is CCCCOC(=O)NCC1CCC(Br)CC1. The van der Waals surface area contributed by atoms with Gasteiger partial charge in [-0.15, -0.1) is 0 Å². The largest absolute Gasteiger partial charge is 0.450 e. The quantitative estimate of drug-likeness (QED) is 0.622. The van der Waals surface area contributed by atoms with Gasteiger partial charge in [-0.25, -0.2) is 4.79 Å². The summed E-state index contributed by atoms with van der Waals surface area (Å²) >= 11 is 3.63. The first-order valence-electron chi connectivity index (χ1n) is 6.27. The average Bonchev–Trinajstić information content (AvgIpc) is 2.29. The molecular weight excluding hydrogens is 270 g/mol. The lowest BCUT2D eigenvalue weighted by Gasteiger charge is -2.25. The van der Waals surface area contributed by atoms with Crippen molar-refractivity contribution in [2.75, 3.05) is 13.2 Å². The first-order valence-corrected chi connectivity index (χ1v) is 7.18. The molecule has 0 aromatic rings. The van der Waals surface area contributed by atoms with Crippen LogP contribution in [0.25, 0.3) is 0 Å². The molecule has 0 aromatic heterocycles. The Hall–Kier alpha value is -0.250. The summed E-state index contributed by atoms with van der Waals surface area (Å²) in [5.41, 5.74) is 0. The Morgan fingerprint density at radius 1 is 1.38 bits per heavy atom. The Morgan fingerprint density at radius 3 is 2.69 bits per heavy atom. The van der Waals surface area contributed by atoms with E-state index in [9.17, 15) is 4.79 Å². The van der Waals surface area contributed by atoms with Gasteiger partial charge in [-0.3, -0.25) is 0 Å². The van der Waals surface area contributed by atoms with E-state index >= 15 is 0 Å². The molecule has 0 bridgehead atoms. The number of hydrogen-bond donors (Lipinski definition) is 1. The maximum absolute atomic E-state index is 11.3. The number of rotatable bonds is 5. The Morgan fingerprint density at radius 2 is 2.06 bits per heavy atom. The predicted molar refractivity (Wildman–Crippen MR) is 68.9 cm³/mol. The van der Waals surface area contributed by atoms with E-state index in [2.05, 4.69) is 28.2 Å². The Bertz CT molecular complexity index is 203. The van der Waals surface area contributed by atoms with Crippen molar-refractivity contribution in [3.8, 4) is 0 Å². The van der Waals surface area contributed by atoms with Crippen LogP contribution >= 0.6 is 15.9 Å². The minimum atomic E-state index is -0.255. The number of ether oxygens (including phenoxy) is 1. The smallest absolute Gasteiger partial charge is 0.407 e. The van der Waals surface area contributed by atoms with Crippen LogP contribution in [0.1, 0.15) is 45.4 Å². The summed E-state index contributed by atoms with van der Waals surface area (Å²) in [5.74, 6) is 0.632. The monoisotopic (exact) mass is 291 g/mol. The van der Waals surface area contributed by atoms with Crippen molar-refractivity contribution < 1.29 is 9.53 Å². The van der Waals surface area contributed by atoms with E-state index in [0.717, 1.165) is 19.4 Å². The molecule has 16 heavy (non-hydrogen) atoms. The molecule has 94 valence electrons. The van der Waals surface area contributed by atoms with Gasteiger partial charge in [0.1, 0.15) is 0 Å². The van der Waals surface area contributed by atoms with Crippen molar-refractivity contribution in [1.82, 2.24) is 5.32 Å². The van der Waals surface area contributed by atoms with E-state index in [-0.39, 0.29) is 6.09 Å². The summed E-state index contributed by atoms with van der Waals surface area (Å²) in [6.07, 6.45) is 6.59. The highest BCUT2D eigenvalue weighted by molar-refractivity contribution is 9.09. The van der Waals surface area contributed by atoms with Crippen LogP contribution in [0, 0.1) is 5.92 Å². The van der Waals surface area contributed by atoms with Crippen LogP contribution in [0.15, 0.2) is 0 Å². The summed E-state index contributed by atoms with van der Waals surface area (Å²) in [6, 6.07) is 0. The molecule has 0 heterocycles. The zero-order valence-electron chi connectivity index (χ0n) is 10.0. The molecule has 1 rings (SSSR count). The molecule has 1 fully saturated rings. The second-order valence-electron chi connectivity index (χ2n) is 4.49. The van der Waals surface area contributed by atoms with E-state index < -0.39 is 0 Å². The number of amides is 1. The van der Waals surface area contributed by atoms with Crippen molar-refractivity contribution in [2.24, 2.45) is 5.92 Å². The Labute approximate surface area is 106 Å². The number of alkyl carbamates (subject to hydrolysis) is 1. The molecule has 4 heteroatoms. The van der Waals surface area contributed by atoms with Gasteiger partial charge in [-0.1, -0.05) is 29.3 Å². The highest BCUT2D eigenvalue weighted by Crippen LogP contribution is 2.28. The van der Waals surface area contributed by atoms with Crippen molar-refractivity contribution >= 4 is 22.0 Å². The summed E-state index contributed by atoms with van der Waals surface area (Å²) in [6.45, 7) is 3.39. The van der Waals surface area contributed by atoms with Crippen LogP contribution in [0.4, 0.5) is 4.79 Å². The third-order valence-corrected chi connectivity index (χ3v) is 3.96. The lowest BCUT2D eigenvalue weighted by molar-refractivity contribution is 0.142. The van der Waals surface area contributed by atoms with E-state index in [4.69, 9.17) is 4.74 Å². The lowest BCUT2D eigenvalue weighted by Crippen LogP contribution is -2.32. The lowest BCUT2D eigenvalue weighted by atomic mass is 9.89. The van der Waals surface area contributed by atoms with E-state index in [1.165, 1.54) is 25.7 Å². The number of alkyl halides is 1. The number of nitrogens with one attached hydrogen (secondary N) is 1. The normalized spacial score (nSPS) is 25.1. The van der Waals surface area contributed by atoms with Crippen molar-refractivity contribution in [3.63, 3.8) is 0 Å². The van der Waals surface area contributed by atoms with E-state index in [0.29, 0.717) is 17.4 Å². The molecule has 1 aliphatic rings. The van der Waals surface area contributed by atoms with Crippen LogP contribution in [0.2, 0.25) is 0 Å². The van der Waals surface area contributed by atoms with E-state index in [1.807, 2.05) is 0 Å². The maximum atomic E-state index is 11.3. The third-order valence-electron chi connectivity index (χ3n) is 3.04. The molecule has 0 aromatic carbocycles. The van der Waals surface area contributed by atoms with Crippen LogP contribution in [0.3, 0.4) is 0 Å². The molecule has 1 aliphatic carbocycles. The molecular formula is C12H22BrNO2. The zero-order valence-corrected chi connectivity index (χ0v) is 11.6. The summed E-state index contributed by atoms with van der Waals surface area (Å²) in [4.78, 5) is 12.0. The molecule has 0 unspecified atom stereocenters. The summed E-state index contributed by atoms with van der Waals surface area (Å²) in [7, 11) is 0. The highest BCUT2D eigenvalue weighted by atomic mass is 79.9. The topological polar surface area (TPSA) is 38.3 Å². The van der Waals surface area contributed by atoms with Gasteiger partial charge >= 0.3 is 6.09 Å². The number of carbonyl (C=O) groups is 1. The van der Waals surface area contributed by atoms with Gasteiger partial charge in [0.15, 0.2) is 0 Å². The van der Waals surface area contributed by atoms with Crippen molar-refractivity contribution in [1.29, 1.82) is 0 Å². The van der Waals surface area contributed by atoms with Crippen LogP contribution in [-0.2, 0) is 4.74 Å². The van der Waals surface area contributed by atoms with Gasteiger partial charge in [-0.2, -0.15) is 0 Å². The van der Waals surface area contributed by atoms with Crippen molar-refractivity contribution in [3.05, 3.63) is 0 Å². The molecule has 0 saturated heterocycles. The Kier molecular flexibility index (Phi) is 6.85. The standard InChI is InChI=1S/C12H22BrNO2/c1-2-3-8-16-12(15)14-9-10-4-6-11(13)7-5-10/h10-11H,2-9H2,1H3,(H,14,15). The molecule has 1 amide bonds. The number of carbonyl (C=O) groups excluding carboxylic acids is 1. The molecule has 0 radical (unpaired) electrons. The predicted octanol–water partition coefficient (Wildman–Crippen LogP) is 3.47. The summed E-state index contributed by atoms with van der Waals surface area (Å²) in [5, 5.41) is 2.85. The first kappa shape index (κ1) is 13.8. The van der Waals surface area contributed by atoms with Crippen LogP contribution < -0.4 is 5.32 Å². The first-order chi connectivity index (χ1) is 7.72. The zero-order chi connectivity index (χ0) is 11.8. The molecule has 1 N–H and O–H groups in total. The van der Waals surface area contributed by atoms with Crippen molar-refractivity contribution in [2.45, 2.75) is 50.3 Å². The highest BCUT2D eigenvalue weighted by Gasteiger charge is 2.19. The van der Waals surface area contributed by atoms with Gasteiger partial charge in [-0.05, 0) is 38.0 Å². The maximum Gasteiger partial charge on any atom is 0.407 e. The van der Waals surface area contributed by atoms with Crippen LogP contribution in [0.5, 0.6) is 0 Å². The number of hydrogen-bond acceptors (Lipinski definition) is 2. The van der Waals surface area contributed by atoms with Gasteiger partial charge in [0.2, 0.25) is 0 Å². The van der Waals surface area contributed by atoms with E-state index in [1.54, 1.807) is 0 Å². The van der Waals surface area contributed by atoms with Gasteiger partial charge in [0.05, 0.1) is 6.61 Å². The molecule has 0 atom stereocenters. The molecule has 0 spiro atoms. The number of halogens is 1. The minimum Gasteiger partial charge on any atom is -0.450 e. The fourth-order valence-electron chi connectivity index (χ4n) is 1.91. The molecule has 1 saturated carbocycles. The molecule has 0 aliphatic heterocycles. The fourth-order valence-corrected chi connectivity index (χ4v) is 2.44. The number of unbranched alkanes of at least 4 members (excludes halogenated alkanes) is 1. The minimum absolute atomic E-state index is 0.255. The van der Waals surface area contributed by atoms with Gasteiger partial charge in [0, 0.05) is 11.4 Å². The van der Waals surface area contributed by atoms with Gasteiger partial charge < -0.3 is 10.1 Å². The summed E-state index contributed by atoms with van der Waals surface area (Å²) < 4.78 is 5.04. The fraction of sp³-hybridized carbons (Fsp3) is 0.917. The molecule has 3 nitrogen and oxygen atoms in total.